The number of nitrogens with one attached hydrogen (secondary N) is 1. The quantitative estimate of drug-likeness (QED) is 0.891. The number of carbonyl (C=O) groups excluding carboxylic acids is 1. The summed E-state index contributed by atoms with van der Waals surface area (Å²) in [6.07, 6.45) is 4.35. The van der Waals surface area contributed by atoms with Crippen molar-refractivity contribution >= 4 is 23.2 Å². The normalized spacial score (nSPS) is 17.4. The largest absolute Gasteiger partial charge is 0.481 e. The number of rotatable bonds is 4. The van der Waals surface area contributed by atoms with Crippen LogP contribution in [0.5, 0.6) is 0 Å². The highest BCUT2D eigenvalue weighted by Gasteiger charge is 2.24. The Balaban J connectivity index is 2.08. The number of hydrogen-bond acceptors (Lipinski definition) is 3. The van der Waals surface area contributed by atoms with Crippen molar-refractivity contribution in [2.75, 3.05) is 0 Å². The molecule has 1 amide bonds. The first-order valence-corrected chi connectivity index (χ1v) is 7.51. The van der Waals surface area contributed by atoms with Crippen molar-refractivity contribution in [3.8, 4) is 0 Å². The average molecular weight is 281 g/mol. The van der Waals surface area contributed by atoms with E-state index in [2.05, 4.69) is 5.32 Å². The molecule has 0 bridgehead atoms. The van der Waals surface area contributed by atoms with Crippen LogP contribution in [0.2, 0.25) is 0 Å². The number of aryl methyl sites for hydroxylation is 1. The molecule has 5 heteroatoms. The lowest BCUT2D eigenvalue weighted by atomic mass is 9.95. The van der Waals surface area contributed by atoms with E-state index in [9.17, 15) is 9.59 Å². The molecule has 0 aliphatic heterocycles. The van der Waals surface area contributed by atoms with E-state index in [1.807, 2.05) is 5.38 Å². The molecular formula is C14H19NO3S. The van der Waals surface area contributed by atoms with Crippen LogP contribution >= 0.6 is 11.3 Å². The van der Waals surface area contributed by atoms with Gasteiger partial charge in [0.15, 0.2) is 0 Å². The van der Waals surface area contributed by atoms with E-state index >= 15 is 0 Å². The van der Waals surface area contributed by atoms with Crippen LogP contribution in [0.25, 0.3) is 0 Å². The molecule has 19 heavy (non-hydrogen) atoms. The van der Waals surface area contributed by atoms with Gasteiger partial charge in [-0.15, -0.1) is 11.3 Å². The smallest absolute Gasteiger partial charge is 0.308 e. The maximum atomic E-state index is 12.2. The van der Waals surface area contributed by atoms with Crippen molar-refractivity contribution < 1.29 is 14.7 Å². The zero-order valence-corrected chi connectivity index (χ0v) is 12.0. The molecule has 2 rings (SSSR count). The Kier molecular flexibility index (Phi) is 4.24. The lowest BCUT2D eigenvalue weighted by molar-refractivity contribution is -0.141. The van der Waals surface area contributed by atoms with Crippen molar-refractivity contribution in [3.63, 3.8) is 0 Å². The topological polar surface area (TPSA) is 66.4 Å². The number of carbonyl (C=O) groups is 2. The summed E-state index contributed by atoms with van der Waals surface area (Å²) < 4.78 is 0. The van der Waals surface area contributed by atoms with E-state index in [1.54, 1.807) is 25.2 Å². The fourth-order valence-electron chi connectivity index (χ4n) is 2.31. The second-order valence-corrected chi connectivity index (χ2v) is 6.11. The van der Waals surface area contributed by atoms with Crippen LogP contribution in [0, 0.1) is 5.92 Å². The van der Waals surface area contributed by atoms with Gasteiger partial charge in [-0.05, 0) is 45.1 Å². The molecule has 104 valence electrons. The third-order valence-corrected chi connectivity index (χ3v) is 4.89. The molecule has 2 unspecified atom stereocenters. The van der Waals surface area contributed by atoms with Gasteiger partial charge < -0.3 is 10.4 Å². The minimum absolute atomic E-state index is 0.139. The molecule has 0 saturated heterocycles. The van der Waals surface area contributed by atoms with Gasteiger partial charge in [-0.2, -0.15) is 0 Å². The second kappa shape index (κ2) is 5.74. The Hall–Kier alpha value is -1.36. The second-order valence-electron chi connectivity index (χ2n) is 5.15. The van der Waals surface area contributed by atoms with E-state index in [0.717, 1.165) is 24.8 Å². The SMILES string of the molecule is CC(NC(=O)c1csc2c1CCCC2)C(C)C(=O)O. The van der Waals surface area contributed by atoms with Gasteiger partial charge in [0.25, 0.3) is 5.91 Å². The first kappa shape index (κ1) is 14.1. The Morgan fingerprint density at radius 2 is 2.00 bits per heavy atom. The predicted molar refractivity (Wildman–Crippen MR) is 74.7 cm³/mol. The summed E-state index contributed by atoms with van der Waals surface area (Å²) in [6, 6.07) is -0.371. The number of amides is 1. The fourth-order valence-corrected chi connectivity index (χ4v) is 3.43. The molecule has 0 radical (unpaired) electrons. The van der Waals surface area contributed by atoms with Gasteiger partial charge in [-0.1, -0.05) is 0 Å². The monoisotopic (exact) mass is 281 g/mol. The van der Waals surface area contributed by atoms with Crippen LogP contribution in [0.15, 0.2) is 5.38 Å². The Bertz CT molecular complexity index is 495. The molecule has 0 saturated carbocycles. The van der Waals surface area contributed by atoms with E-state index in [-0.39, 0.29) is 11.9 Å². The lowest BCUT2D eigenvalue weighted by Crippen LogP contribution is -2.40. The number of carboxylic acid groups (broad SMARTS) is 1. The summed E-state index contributed by atoms with van der Waals surface area (Å²) in [7, 11) is 0. The molecule has 1 aliphatic rings. The molecule has 0 aromatic carbocycles. The van der Waals surface area contributed by atoms with Gasteiger partial charge in [0.05, 0.1) is 11.5 Å². The molecule has 1 aromatic rings. The maximum Gasteiger partial charge on any atom is 0.308 e. The van der Waals surface area contributed by atoms with Crippen LogP contribution in [-0.4, -0.2) is 23.0 Å². The molecule has 0 fully saturated rings. The summed E-state index contributed by atoms with van der Waals surface area (Å²) in [5, 5.41) is 13.6. The van der Waals surface area contributed by atoms with Gasteiger partial charge >= 0.3 is 5.97 Å². The average Bonchev–Trinajstić information content (AvgIpc) is 2.81. The first-order chi connectivity index (χ1) is 9.00. The van der Waals surface area contributed by atoms with E-state index in [4.69, 9.17) is 5.11 Å². The molecule has 1 heterocycles. The van der Waals surface area contributed by atoms with Crippen LogP contribution in [0.1, 0.15) is 47.5 Å². The minimum atomic E-state index is -0.889. The number of hydrogen-bond donors (Lipinski definition) is 2. The van der Waals surface area contributed by atoms with Gasteiger partial charge in [0.2, 0.25) is 0 Å². The van der Waals surface area contributed by atoms with Crippen LogP contribution < -0.4 is 5.32 Å². The number of carboxylic acids is 1. The van der Waals surface area contributed by atoms with Crippen molar-refractivity contribution in [1.29, 1.82) is 0 Å². The van der Waals surface area contributed by atoms with Crippen molar-refractivity contribution in [2.45, 2.75) is 45.6 Å². The molecule has 4 nitrogen and oxygen atoms in total. The van der Waals surface area contributed by atoms with Crippen molar-refractivity contribution in [2.24, 2.45) is 5.92 Å². The molecular weight excluding hydrogens is 262 g/mol. The third-order valence-electron chi connectivity index (χ3n) is 3.80. The fraction of sp³-hybridized carbons (Fsp3) is 0.571. The zero-order chi connectivity index (χ0) is 14.0. The lowest BCUT2D eigenvalue weighted by Gasteiger charge is -2.18. The van der Waals surface area contributed by atoms with Crippen LogP contribution in [0.4, 0.5) is 0 Å². The Morgan fingerprint density at radius 1 is 1.32 bits per heavy atom. The van der Waals surface area contributed by atoms with Crippen molar-refractivity contribution in [1.82, 2.24) is 5.32 Å². The van der Waals surface area contributed by atoms with Crippen LogP contribution in [-0.2, 0) is 17.6 Å². The molecule has 1 aliphatic carbocycles. The van der Waals surface area contributed by atoms with Crippen LogP contribution in [0.3, 0.4) is 0 Å². The highest BCUT2D eigenvalue weighted by atomic mass is 32.1. The van der Waals surface area contributed by atoms with Gasteiger partial charge in [0, 0.05) is 16.3 Å². The molecule has 1 aromatic heterocycles. The minimum Gasteiger partial charge on any atom is -0.481 e. The van der Waals surface area contributed by atoms with E-state index in [0.29, 0.717) is 0 Å². The van der Waals surface area contributed by atoms with Gasteiger partial charge in [-0.25, -0.2) is 0 Å². The highest BCUT2D eigenvalue weighted by molar-refractivity contribution is 7.10. The summed E-state index contributed by atoms with van der Waals surface area (Å²) in [4.78, 5) is 24.4. The first-order valence-electron chi connectivity index (χ1n) is 6.63. The molecule has 2 atom stereocenters. The van der Waals surface area contributed by atoms with Crippen molar-refractivity contribution in [3.05, 3.63) is 21.4 Å². The zero-order valence-electron chi connectivity index (χ0n) is 11.2. The maximum absolute atomic E-state index is 12.2. The van der Waals surface area contributed by atoms with Gasteiger partial charge in [0.1, 0.15) is 0 Å². The Morgan fingerprint density at radius 3 is 2.68 bits per heavy atom. The molecule has 2 N–H and O–H groups in total. The highest BCUT2D eigenvalue weighted by Crippen LogP contribution is 2.30. The summed E-state index contributed by atoms with van der Waals surface area (Å²) >= 11 is 1.64. The standard InChI is InChI=1S/C14H19NO3S/c1-8(14(17)18)9(2)15-13(16)11-7-19-12-6-4-3-5-10(11)12/h7-9H,3-6H2,1-2H3,(H,15,16)(H,17,18). The third kappa shape index (κ3) is 2.97. The van der Waals surface area contributed by atoms with E-state index < -0.39 is 11.9 Å². The molecule has 0 spiro atoms. The number of thiophene rings is 1. The Labute approximate surface area is 116 Å². The van der Waals surface area contributed by atoms with E-state index in [1.165, 1.54) is 16.9 Å². The number of aliphatic carboxylic acids is 1. The summed E-state index contributed by atoms with van der Waals surface area (Å²) in [5.74, 6) is -1.61. The number of fused-ring (bicyclic) bond motifs is 1. The predicted octanol–water partition coefficient (Wildman–Crippen LogP) is 2.47. The summed E-state index contributed by atoms with van der Waals surface area (Å²) in [5.41, 5.74) is 1.91. The summed E-state index contributed by atoms with van der Waals surface area (Å²) in [6.45, 7) is 3.34. The van der Waals surface area contributed by atoms with Gasteiger partial charge in [-0.3, -0.25) is 9.59 Å².